The average Bonchev–Trinajstić information content (AvgIpc) is 2.59. The summed E-state index contributed by atoms with van der Waals surface area (Å²) in [6, 6.07) is 6.28. The lowest BCUT2D eigenvalue weighted by molar-refractivity contribution is 0.0946. The van der Waals surface area contributed by atoms with Gasteiger partial charge in [0, 0.05) is 31.0 Å². The van der Waals surface area contributed by atoms with Crippen molar-refractivity contribution >= 4 is 5.78 Å². The van der Waals surface area contributed by atoms with Gasteiger partial charge in [-0.25, -0.2) is 0 Å². The van der Waals surface area contributed by atoms with Gasteiger partial charge in [-0.2, -0.15) is 0 Å². The summed E-state index contributed by atoms with van der Waals surface area (Å²) in [5.74, 6) is 1.47. The molecule has 16 heavy (non-hydrogen) atoms. The first-order valence-corrected chi connectivity index (χ1v) is 5.97. The van der Waals surface area contributed by atoms with Gasteiger partial charge in [-0.1, -0.05) is 23.8 Å². The van der Waals surface area contributed by atoms with E-state index >= 15 is 0 Å². The second-order valence-corrected chi connectivity index (χ2v) is 5.31. The van der Waals surface area contributed by atoms with Crippen molar-refractivity contribution in [3.05, 3.63) is 34.9 Å². The number of ketones is 1. The lowest BCUT2D eigenvalue weighted by Gasteiger charge is -2.26. The maximum atomic E-state index is 12.0. The van der Waals surface area contributed by atoms with Gasteiger partial charge < -0.3 is 4.90 Å². The van der Waals surface area contributed by atoms with Gasteiger partial charge in [0.1, 0.15) is 0 Å². The number of hydrogen-bond acceptors (Lipinski definition) is 2. The zero-order valence-electron chi connectivity index (χ0n) is 9.86. The van der Waals surface area contributed by atoms with E-state index in [1.165, 1.54) is 11.1 Å². The third kappa shape index (κ3) is 1.40. The van der Waals surface area contributed by atoms with E-state index in [0.717, 1.165) is 25.1 Å². The van der Waals surface area contributed by atoms with E-state index in [1.807, 2.05) is 6.07 Å². The third-order valence-electron chi connectivity index (χ3n) is 3.98. The molecule has 1 aromatic rings. The molecule has 2 atom stereocenters. The zero-order valence-corrected chi connectivity index (χ0v) is 9.86. The van der Waals surface area contributed by atoms with Gasteiger partial charge in [0.2, 0.25) is 0 Å². The normalized spacial score (nSPS) is 29.0. The largest absolute Gasteiger partial charge is 0.305 e. The van der Waals surface area contributed by atoms with Crippen molar-refractivity contribution < 1.29 is 4.79 Å². The topological polar surface area (TPSA) is 20.3 Å². The Balaban J connectivity index is 2.10. The molecular formula is C14H17NO. The summed E-state index contributed by atoms with van der Waals surface area (Å²) >= 11 is 0. The molecule has 1 aromatic carbocycles. The van der Waals surface area contributed by atoms with E-state index < -0.39 is 0 Å². The Kier molecular flexibility index (Phi) is 2.15. The van der Waals surface area contributed by atoms with Crippen LogP contribution in [-0.4, -0.2) is 30.8 Å². The van der Waals surface area contributed by atoms with E-state index in [1.54, 1.807) is 0 Å². The molecule has 3 rings (SSSR count). The van der Waals surface area contributed by atoms with Gasteiger partial charge in [-0.05, 0) is 25.5 Å². The molecule has 0 saturated carbocycles. The predicted molar refractivity (Wildman–Crippen MR) is 63.9 cm³/mol. The zero-order chi connectivity index (χ0) is 11.3. The highest BCUT2D eigenvalue weighted by Gasteiger charge is 2.39. The van der Waals surface area contributed by atoms with Crippen LogP contribution in [0.15, 0.2) is 18.2 Å². The molecule has 0 unspecified atom stereocenters. The highest BCUT2D eigenvalue weighted by atomic mass is 16.1. The van der Waals surface area contributed by atoms with Gasteiger partial charge >= 0.3 is 0 Å². The second-order valence-electron chi connectivity index (χ2n) is 5.31. The molecule has 2 heteroatoms. The van der Waals surface area contributed by atoms with Crippen molar-refractivity contribution in [2.24, 2.45) is 5.92 Å². The van der Waals surface area contributed by atoms with Crippen LogP contribution in [0.25, 0.3) is 0 Å². The minimum atomic E-state index is 0.339. The number of likely N-dealkylation sites (N-methyl/N-ethyl adjacent to an activating group) is 1. The number of fused-ring (bicyclic) bond motifs is 3. The molecule has 0 amide bonds. The SMILES string of the molecule is Cc1ccc2c(c1)[C@H]1CN(C)C[C@H]1CC2=O. The van der Waals surface area contributed by atoms with Crippen LogP contribution >= 0.6 is 0 Å². The average molecular weight is 215 g/mol. The summed E-state index contributed by atoms with van der Waals surface area (Å²) in [7, 11) is 2.15. The van der Waals surface area contributed by atoms with Crippen molar-refractivity contribution in [2.45, 2.75) is 19.3 Å². The number of carbonyl (C=O) groups excluding carboxylic acids is 1. The monoisotopic (exact) mass is 215 g/mol. The number of hydrogen-bond donors (Lipinski definition) is 0. The lowest BCUT2D eigenvalue weighted by atomic mass is 9.76. The number of likely N-dealkylation sites (tertiary alicyclic amines) is 1. The van der Waals surface area contributed by atoms with Gasteiger partial charge in [0.05, 0.1) is 0 Å². The van der Waals surface area contributed by atoms with Crippen LogP contribution in [0.5, 0.6) is 0 Å². The molecule has 0 N–H and O–H groups in total. The Morgan fingerprint density at radius 3 is 2.94 bits per heavy atom. The van der Waals surface area contributed by atoms with Crippen LogP contribution in [-0.2, 0) is 0 Å². The number of Topliss-reactive ketones (excluding diaryl/α,β-unsaturated/α-hetero) is 1. The van der Waals surface area contributed by atoms with Gasteiger partial charge in [0.25, 0.3) is 0 Å². The van der Waals surface area contributed by atoms with Crippen LogP contribution in [0.3, 0.4) is 0 Å². The molecule has 0 aromatic heterocycles. The van der Waals surface area contributed by atoms with E-state index in [0.29, 0.717) is 17.6 Å². The molecule has 0 radical (unpaired) electrons. The number of rotatable bonds is 0. The maximum absolute atomic E-state index is 12.0. The summed E-state index contributed by atoms with van der Waals surface area (Å²) < 4.78 is 0. The first kappa shape index (κ1) is 10.0. The van der Waals surface area contributed by atoms with E-state index in [2.05, 4.69) is 31.0 Å². The minimum absolute atomic E-state index is 0.339. The fraction of sp³-hybridized carbons (Fsp3) is 0.500. The highest BCUT2D eigenvalue weighted by molar-refractivity contribution is 5.99. The van der Waals surface area contributed by atoms with E-state index in [4.69, 9.17) is 0 Å². The Hall–Kier alpha value is -1.15. The molecule has 2 aliphatic rings. The molecule has 84 valence electrons. The molecule has 2 nitrogen and oxygen atoms in total. The summed E-state index contributed by atoms with van der Waals surface area (Å²) in [6.45, 7) is 4.28. The summed E-state index contributed by atoms with van der Waals surface area (Å²) in [6.07, 6.45) is 0.741. The minimum Gasteiger partial charge on any atom is -0.305 e. The Bertz CT molecular complexity index is 452. The maximum Gasteiger partial charge on any atom is 0.163 e. The van der Waals surface area contributed by atoms with Crippen LogP contribution in [0.1, 0.15) is 33.8 Å². The molecule has 1 fully saturated rings. The predicted octanol–water partition coefficient (Wildman–Crippen LogP) is 2.23. The van der Waals surface area contributed by atoms with E-state index in [9.17, 15) is 4.79 Å². The van der Waals surface area contributed by atoms with Crippen molar-refractivity contribution in [3.8, 4) is 0 Å². The summed E-state index contributed by atoms with van der Waals surface area (Å²) in [4.78, 5) is 14.4. The molecule has 0 bridgehead atoms. The summed E-state index contributed by atoms with van der Waals surface area (Å²) in [5.41, 5.74) is 3.54. The molecule has 0 spiro atoms. The van der Waals surface area contributed by atoms with Gasteiger partial charge in [0.15, 0.2) is 5.78 Å². The Morgan fingerprint density at radius 2 is 2.12 bits per heavy atom. The molecule has 1 saturated heterocycles. The number of aryl methyl sites for hydroxylation is 1. The first-order valence-electron chi connectivity index (χ1n) is 5.97. The third-order valence-corrected chi connectivity index (χ3v) is 3.98. The van der Waals surface area contributed by atoms with Crippen molar-refractivity contribution in [2.75, 3.05) is 20.1 Å². The lowest BCUT2D eigenvalue weighted by Crippen LogP contribution is -2.24. The fourth-order valence-corrected chi connectivity index (χ4v) is 3.24. The van der Waals surface area contributed by atoms with Crippen LogP contribution in [0.2, 0.25) is 0 Å². The second kappa shape index (κ2) is 3.42. The van der Waals surface area contributed by atoms with Crippen molar-refractivity contribution in [1.29, 1.82) is 0 Å². The standard InChI is InChI=1S/C14H17NO/c1-9-3-4-11-12(5-9)13-8-15(2)7-10(13)6-14(11)16/h3-5,10,13H,6-8H2,1-2H3/t10-,13+/m1/s1. The number of benzene rings is 1. The van der Waals surface area contributed by atoms with Crippen molar-refractivity contribution in [1.82, 2.24) is 4.90 Å². The molecule has 1 aliphatic heterocycles. The fourth-order valence-electron chi connectivity index (χ4n) is 3.24. The quantitative estimate of drug-likeness (QED) is 0.661. The van der Waals surface area contributed by atoms with Crippen LogP contribution < -0.4 is 0 Å². The van der Waals surface area contributed by atoms with Crippen LogP contribution in [0, 0.1) is 12.8 Å². The van der Waals surface area contributed by atoms with Gasteiger partial charge in [-0.15, -0.1) is 0 Å². The Labute approximate surface area is 96.3 Å². The molecule has 1 aliphatic carbocycles. The Morgan fingerprint density at radius 1 is 1.31 bits per heavy atom. The smallest absolute Gasteiger partial charge is 0.163 e. The number of carbonyl (C=O) groups is 1. The highest BCUT2D eigenvalue weighted by Crippen LogP contribution is 2.40. The van der Waals surface area contributed by atoms with Gasteiger partial charge in [-0.3, -0.25) is 4.79 Å². The number of nitrogens with zero attached hydrogens (tertiary/aromatic N) is 1. The molecular weight excluding hydrogens is 198 g/mol. The van der Waals surface area contributed by atoms with E-state index in [-0.39, 0.29) is 0 Å². The first-order chi connectivity index (χ1) is 7.65. The van der Waals surface area contributed by atoms with Crippen molar-refractivity contribution in [3.63, 3.8) is 0 Å². The summed E-state index contributed by atoms with van der Waals surface area (Å²) in [5, 5.41) is 0. The van der Waals surface area contributed by atoms with Crippen LogP contribution in [0.4, 0.5) is 0 Å². The molecule has 1 heterocycles.